The lowest BCUT2D eigenvalue weighted by molar-refractivity contribution is -0.132. The third-order valence-electron chi connectivity index (χ3n) is 5.20. The molecule has 4 rings (SSSR count). The molecule has 0 aromatic heterocycles. The molecule has 2 aliphatic rings. The zero-order valence-electron chi connectivity index (χ0n) is 13.5. The molecule has 3 nitrogen and oxygen atoms in total. The van der Waals surface area contributed by atoms with Gasteiger partial charge in [0.2, 0.25) is 5.91 Å². The van der Waals surface area contributed by atoms with Crippen molar-refractivity contribution in [3.8, 4) is 0 Å². The van der Waals surface area contributed by atoms with Crippen molar-refractivity contribution < 1.29 is 4.79 Å². The van der Waals surface area contributed by atoms with Gasteiger partial charge in [-0.3, -0.25) is 4.79 Å². The van der Waals surface area contributed by atoms with Crippen molar-refractivity contribution in [1.29, 1.82) is 0 Å². The van der Waals surface area contributed by atoms with Crippen LogP contribution in [0.3, 0.4) is 0 Å². The SMILES string of the molecule is CC(=O)N1CCc2ccccc2C1C1NCCc2ccccc21. The molecule has 0 bridgehead atoms. The summed E-state index contributed by atoms with van der Waals surface area (Å²) in [5.41, 5.74) is 5.41. The van der Waals surface area contributed by atoms with Gasteiger partial charge in [0.05, 0.1) is 12.1 Å². The van der Waals surface area contributed by atoms with Crippen molar-refractivity contribution in [2.75, 3.05) is 13.1 Å². The number of hydrogen-bond acceptors (Lipinski definition) is 2. The zero-order chi connectivity index (χ0) is 15.8. The van der Waals surface area contributed by atoms with Crippen molar-refractivity contribution in [2.45, 2.75) is 31.8 Å². The van der Waals surface area contributed by atoms with E-state index in [4.69, 9.17) is 0 Å². The van der Waals surface area contributed by atoms with Gasteiger partial charge in [-0.05, 0) is 41.6 Å². The Labute approximate surface area is 137 Å². The molecular weight excluding hydrogens is 284 g/mol. The maximum absolute atomic E-state index is 12.3. The first-order chi connectivity index (χ1) is 11.3. The van der Waals surface area contributed by atoms with Gasteiger partial charge in [0.15, 0.2) is 0 Å². The summed E-state index contributed by atoms with van der Waals surface area (Å²) in [5, 5.41) is 3.68. The van der Waals surface area contributed by atoms with Crippen LogP contribution < -0.4 is 5.32 Å². The van der Waals surface area contributed by atoms with Crippen LogP contribution in [0.5, 0.6) is 0 Å². The number of nitrogens with zero attached hydrogens (tertiary/aromatic N) is 1. The third kappa shape index (κ3) is 2.45. The minimum Gasteiger partial charge on any atom is -0.334 e. The van der Waals surface area contributed by atoms with E-state index in [2.05, 4.69) is 53.8 Å². The van der Waals surface area contributed by atoms with E-state index < -0.39 is 0 Å². The van der Waals surface area contributed by atoms with Crippen LogP contribution in [0.2, 0.25) is 0 Å². The van der Waals surface area contributed by atoms with Crippen LogP contribution in [0.25, 0.3) is 0 Å². The molecule has 2 aromatic rings. The van der Waals surface area contributed by atoms with E-state index in [9.17, 15) is 4.79 Å². The summed E-state index contributed by atoms with van der Waals surface area (Å²) in [6.07, 6.45) is 2.00. The smallest absolute Gasteiger partial charge is 0.220 e. The molecule has 118 valence electrons. The molecule has 2 aromatic carbocycles. The minimum atomic E-state index is 0.0823. The Balaban J connectivity index is 1.83. The maximum Gasteiger partial charge on any atom is 0.220 e. The molecule has 0 radical (unpaired) electrons. The van der Waals surface area contributed by atoms with E-state index in [1.807, 2.05) is 4.90 Å². The van der Waals surface area contributed by atoms with Crippen LogP contribution in [0.15, 0.2) is 48.5 Å². The summed E-state index contributed by atoms with van der Waals surface area (Å²) in [4.78, 5) is 14.3. The van der Waals surface area contributed by atoms with Crippen molar-refractivity contribution in [1.82, 2.24) is 10.2 Å². The lowest BCUT2D eigenvalue weighted by Crippen LogP contribution is -2.46. The summed E-state index contributed by atoms with van der Waals surface area (Å²) in [6, 6.07) is 17.5. The third-order valence-corrected chi connectivity index (χ3v) is 5.20. The highest BCUT2D eigenvalue weighted by atomic mass is 16.2. The normalized spacial score (nSPS) is 23.1. The van der Waals surface area contributed by atoms with Gasteiger partial charge in [0.25, 0.3) is 0 Å². The molecule has 2 atom stereocenters. The standard InChI is InChI=1S/C20H22N2O/c1-14(23)22-13-11-16-7-3-5-9-18(16)20(22)19-17-8-4-2-6-15(17)10-12-21-19/h2-9,19-21H,10-13H2,1H3. The molecular formula is C20H22N2O. The quantitative estimate of drug-likeness (QED) is 0.878. The molecule has 0 aliphatic carbocycles. The Kier molecular flexibility index (Phi) is 3.66. The zero-order valence-corrected chi connectivity index (χ0v) is 13.5. The van der Waals surface area contributed by atoms with Gasteiger partial charge in [0.1, 0.15) is 0 Å². The molecule has 2 aliphatic heterocycles. The lowest BCUT2D eigenvalue weighted by Gasteiger charge is -2.43. The van der Waals surface area contributed by atoms with Crippen LogP contribution >= 0.6 is 0 Å². The van der Waals surface area contributed by atoms with Crippen molar-refractivity contribution in [3.05, 3.63) is 70.8 Å². The van der Waals surface area contributed by atoms with Crippen LogP contribution in [0.1, 0.15) is 41.3 Å². The van der Waals surface area contributed by atoms with E-state index >= 15 is 0 Å². The Hall–Kier alpha value is -2.13. The van der Waals surface area contributed by atoms with Crippen molar-refractivity contribution in [2.24, 2.45) is 0 Å². The highest BCUT2D eigenvalue weighted by Gasteiger charge is 2.37. The summed E-state index contributed by atoms with van der Waals surface area (Å²) >= 11 is 0. The van der Waals surface area contributed by atoms with Gasteiger partial charge < -0.3 is 10.2 Å². The number of benzene rings is 2. The number of nitrogens with one attached hydrogen (secondary N) is 1. The first-order valence-electron chi connectivity index (χ1n) is 8.42. The predicted molar refractivity (Wildman–Crippen MR) is 91.2 cm³/mol. The average Bonchev–Trinajstić information content (AvgIpc) is 2.60. The molecule has 1 amide bonds. The molecule has 1 N–H and O–H groups in total. The predicted octanol–water partition coefficient (Wildman–Crippen LogP) is 3.02. The molecule has 3 heteroatoms. The van der Waals surface area contributed by atoms with E-state index in [-0.39, 0.29) is 18.0 Å². The van der Waals surface area contributed by atoms with Crippen molar-refractivity contribution in [3.63, 3.8) is 0 Å². The van der Waals surface area contributed by atoms with Crippen LogP contribution in [0.4, 0.5) is 0 Å². The highest BCUT2D eigenvalue weighted by molar-refractivity contribution is 5.74. The van der Waals surface area contributed by atoms with Gasteiger partial charge in [-0.25, -0.2) is 0 Å². The lowest BCUT2D eigenvalue weighted by atomic mass is 9.82. The Morgan fingerprint density at radius 3 is 2.39 bits per heavy atom. The van der Waals surface area contributed by atoms with Gasteiger partial charge in [-0.15, -0.1) is 0 Å². The molecule has 2 heterocycles. The largest absolute Gasteiger partial charge is 0.334 e. The fraction of sp³-hybridized carbons (Fsp3) is 0.350. The second-order valence-corrected chi connectivity index (χ2v) is 6.49. The highest BCUT2D eigenvalue weighted by Crippen LogP contribution is 2.41. The molecule has 0 fully saturated rings. The molecule has 23 heavy (non-hydrogen) atoms. The minimum absolute atomic E-state index is 0.0823. The monoisotopic (exact) mass is 306 g/mol. The number of fused-ring (bicyclic) bond motifs is 2. The van der Waals surface area contributed by atoms with Crippen LogP contribution in [0, 0.1) is 0 Å². The Morgan fingerprint density at radius 2 is 1.65 bits per heavy atom. The summed E-state index contributed by atoms with van der Waals surface area (Å²) in [6.45, 7) is 3.46. The molecule has 0 saturated carbocycles. The molecule has 0 spiro atoms. The van der Waals surface area contributed by atoms with Crippen LogP contribution in [-0.2, 0) is 17.6 Å². The van der Waals surface area contributed by atoms with Crippen molar-refractivity contribution >= 4 is 5.91 Å². The second kappa shape index (κ2) is 5.82. The summed E-state index contributed by atoms with van der Waals surface area (Å²) < 4.78 is 0. The molecule has 0 saturated heterocycles. The number of rotatable bonds is 1. The van der Waals surface area contributed by atoms with Crippen LogP contribution in [-0.4, -0.2) is 23.9 Å². The summed E-state index contributed by atoms with van der Waals surface area (Å²) in [7, 11) is 0. The van der Waals surface area contributed by atoms with Gasteiger partial charge in [-0.2, -0.15) is 0 Å². The average molecular weight is 306 g/mol. The van der Waals surface area contributed by atoms with E-state index in [1.165, 1.54) is 22.3 Å². The van der Waals surface area contributed by atoms with E-state index in [1.54, 1.807) is 6.92 Å². The Morgan fingerprint density at radius 1 is 1.00 bits per heavy atom. The number of amides is 1. The topological polar surface area (TPSA) is 32.3 Å². The fourth-order valence-electron chi connectivity index (χ4n) is 4.13. The van der Waals surface area contributed by atoms with Gasteiger partial charge >= 0.3 is 0 Å². The second-order valence-electron chi connectivity index (χ2n) is 6.49. The first kappa shape index (κ1) is 14.5. The van der Waals surface area contributed by atoms with E-state index in [0.29, 0.717) is 0 Å². The first-order valence-corrected chi connectivity index (χ1v) is 8.42. The maximum atomic E-state index is 12.3. The summed E-state index contributed by atoms with van der Waals surface area (Å²) in [5.74, 6) is 0.161. The van der Waals surface area contributed by atoms with Gasteiger partial charge in [0, 0.05) is 13.5 Å². The molecule has 2 unspecified atom stereocenters. The number of hydrogen-bond donors (Lipinski definition) is 1. The Bertz CT molecular complexity index is 740. The number of carbonyl (C=O) groups is 1. The van der Waals surface area contributed by atoms with E-state index in [0.717, 1.165) is 25.9 Å². The number of carbonyl (C=O) groups excluding carboxylic acids is 1. The fourth-order valence-corrected chi connectivity index (χ4v) is 4.13. The van der Waals surface area contributed by atoms with Gasteiger partial charge in [-0.1, -0.05) is 48.5 Å².